The van der Waals surface area contributed by atoms with Crippen molar-refractivity contribution in [1.29, 1.82) is 0 Å². The molecule has 0 aromatic carbocycles. The van der Waals surface area contributed by atoms with E-state index < -0.39 is 0 Å². The fourth-order valence-electron chi connectivity index (χ4n) is 3.19. The van der Waals surface area contributed by atoms with E-state index in [9.17, 15) is 0 Å². The van der Waals surface area contributed by atoms with Crippen molar-refractivity contribution in [2.45, 2.75) is 58.4 Å². The maximum atomic E-state index is 6.41. The minimum atomic E-state index is 0.0977. The molecule has 1 saturated carbocycles. The number of furan rings is 1. The Morgan fingerprint density at radius 3 is 2.71 bits per heavy atom. The van der Waals surface area contributed by atoms with E-state index in [2.05, 4.69) is 26.0 Å². The van der Waals surface area contributed by atoms with Gasteiger partial charge in [0, 0.05) is 6.42 Å². The van der Waals surface area contributed by atoms with Crippen molar-refractivity contribution in [3.8, 4) is 0 Å². The van der Waals surface area contributed by atoms with Gasteiger partial charge in [-0.15, -0.1) is 0 Å². The van der Waals surface area contributed by atoms with E-state index in [1.54, 1.807) is 0 Å². The van der Waals surface area contributed by atoms with Crippen LogP contribution in [0, 0.1) is 11.8 Å². The summed E-state index contributed by atoms with van der Waals surface area (Å²) in [7, 11) is 0. The summed E-state index contributed by atoms with van der Waals surface area (Å²) in [5, 5.41) is 0. The molecule has 3 atom stereocenters. The van der Waals surface area contributed by atoms with Crippen LogP contribution in [0.15, 0.2) is 16.5 Å². The normalized spacial score (nSPS) is 27.0. The number of nitrogens with two attached hydrogens (primary N) is 1. The van der Waals surface area contributed by atoms with E-state index in [0.717, 1.165) is 23.9 Å². The zero-order chi connectivity index (χ0) is 12.3. The molecule has 96 valence electrons. The third kappa shape index (κ3) is 2.74. The van der Waals surface area contributed by atoms with Crippen LogP contribution in [0.25, 0.3) is 0 Å². The van der Waals surface area contributed by atoms with Crippen LogP contribution in [0.1, 0.15) is 63.5 Å². The van der Waals surface area contributed by atoms with Gasteiger partial charge in [0.1, 0.15) is 11.5 Å². The lowest BCUT2D eigenvalue weighted by molar-refractivity contribution is 0.182. The van der Waals surface area contributed by atoms with Crippen molar-refractivity contribution in [3.63, 3.8) is 0 Å². The summed E-state index contributed by atoms with van der Waals surface area (Å²) in [4.78, 5) is 0. The van der Waals surface area contributed by atoms with Crippen LogP contribution in [0.5, 0.6) is 0 Å². The molecule has 0 amide bonds. The summed E-state index contributed by atoms with van der Waals surface area (Å²) in [5.74, 6) is 3.45. The first-order valence-electron chi connectivity index (χ1n) is 7.10. The van der Waals surface area contributed by atoms with Crippen molar-refractivity contribution in [1.82, 2.24) is 0 Å². The lowest BCUT2D eigenvalue weighted by atomic mass is 9.74. The second-order valence-corrected chi connectivity index (χ2v) is 5.30. The molecule has 2 rings (SSSR count). The topological polar surface area (TPSA) is 39.2 Å². The highest BCUT2D eigenvalue weighted by Gasteiger charge is 2.30. The zero-order valence-corrected chi connectivity index (χ0v) is 11.1. The minimum absolute atomic E-state index is 0.0977. The summed E-state index contributed by atoms with van der Waals surface area (Å²) < 4.78 is 5.82. The van der Waals surface area contributed by atoms with E-state index in [1.165, 1.54) is 32.1 Å². The first-order valence-corrected chi connectivity index (χ1v) is 7.10. The van der Waals surface area contributed by atoms with Gasteiger partial charge < -0.3 is 10.2 Å². The maximum Gasteiger partial charge on any atom is 0.121 e. The molecule has 1 fully saturated rings. The number of aryl methyl sites for hydroxylation is 1. The number of rotatable bonds is 4. The lowest BCUT2D eigenvalue weighted by Crippen LogP contribution is -2.30. The summed E-state index contributed by atoms with van der Waals surface area (Å²) in [6.07, 6.45) is 7.52. The average molecular weight is 235 g/mol. The van der Waals surface area contributed by atoms with Gasteiger partial charge in [-0.05, 0) is 30.4 Å². The minimum Gasteiger partial charge on any atom is -0.464 e. The second-order valence-electron chi connectivity index (χ2n) is 5.30. The van der Waals surface area contributed by atoms with Crippen LogP contribution in [0.4, 0.5) is 0 Å². The van der Waals surface area contributed by atoms with E-state index in [1.807, 2.05) is 0 Å². The molecule has 2 N–H and O–H groups in total. The molecule has 1 heterocycles. The molecule has 17 heavy (non-hydrogen) atoms. The maximum absolute atomic E-state index is 6.41. The zero-order valence-electron chi connectivity index (χ0n) is 11.1. The molecule has 1 aliphatic carbocycles. The second kappa shape index (κ2) is 5.72. The van der Waals surface area contributed by atoms with Gasteiger partial charge in [0.05, 0.1) is 6.04 Å². The van der Waals surface area contributed by atoms with Gasteiger partial charge in [-0.25, -0.2) is 0 Å². The SMILES string of the molecule is CCc1ccc(C(N)C2CCCCC2CC)o1. The van der Waals surface area contributed by atoms with Crippen LogP contribution in [0.2, 0.25) is 0 Å². The third-order valence-electron chi connectivity index (χ3n) is 4.31. The van der Waals surface area contributed by atoms with Crippen molar-refractivity contribution < 1.29 is 4.42 Å². The third-order valence-corrected chi connectivity index (χ3v) is 4.31. The summed E-state index contributed by atoms with van der Waals surface area (Å²) >= 11 is 0. The molecule has 2 nitrogen and oxygen atoms in total. The Labute approximate surface area is 105 Å². The summed E-state index contributed by atoms with van der Waals surface area (Å²) in [6, 6.07) is 4.24. The molecule has 0 saturated heterocycles. The molecule has 1 aromatic heterocycles. The van der Waals surface area contributed by atoms with Crippen molar-refractivity contribution >= 4 is 0 Å². The molecular weight excluding hydrogens is 210 g/mol. The predicted molar refractivity (Wildman–Crippen MR) is 70.8 cm³/mol. The highest BCUT2D eigenvalue weighted by molar-refractivity contribution is 5.12. The largest absolute Gasteiger partial charge is 0.464 e. The molecule has 0 radical (unpaired) electrons. The highest BCUT2D eigenvalue weighted by atomic mass is 16.3. The molecule has 0 spiro atoms. The fraction of sp³-hybridized carbons (Fsp3) is 0.733. The Bertz CT molecular complexity index is 344. The van der Waals surface area contributed by atoms with Crippen LogP contribution >= 0.6 is 0 Å². The Morgan fingerprint density at radius 2 is 2.06 bits per heavy atom. The number of hydrogen-bond donors (Lipinski definition) is 1. The molecule has 2 heteroatoms. The van der Waals surface area contributed by atoms with E-state index in [-0.39, 0.29) is 6.04 Å². The van der Waals surface area contributed by atoms with Crippen LogP contribution in [0.3, 0.4) is 0 Å². The van der Waals surface area contributed by atoms with Gasteiger partial charge in [-0.1, -0.05) is 39.5 Å². The van der Waals surface area contributed by atoms with E-state index in [4.69, 9.17) is 10.2 Å². The Balaban J connectivity index is 2.09. The Kier molecular flexibility index (Phi) is 4.27. The standard InChI is InChI=1S/C15H25NO/c1-3-11-7-5-6-8-13(11)15(16)14-10-9-12(4-2)17-14/h9-11,13,15H,3-8,16H2,1-2H3. The highest BCUT2D eigenvalue weighted by Crippen LogP contribution is 2.39. The van der Waals surface area contributed by atoms with Gasteiger partial charge in [0.15, 0.2) is 0 Å². The molecule has 0 bridgehead atoms. The molecule has 1 aromatic rings. The first-order chi connectivity index (χ1) is 8.26. The van der Waals surface area contributed by atoms with Crippen molar-refractivity contribution in [3.05, 3.63) is 23.7 Å². The lowest BCUT2D eigenvalue weighted by Gasteiger charge is -2.34. The Morgan fingerprint density at radius 1 is 1.29 bits per heavy atom. The van der Waals surface area contributed by atoms with E-state index >= 15 is 0 Å². The Hall–Kier alpha value is -0.760. The van der Waals surface area contributed by atoms with Gasteiger partial charge >= 0.3 is 0 Å². The smallest absolute Gasteiger partial charge is 0.121 e. The first kappa shape index (κ1) is 12.7. The molecular formula is C15H25NO. The molecule has 1 aliphatic rings. The summed E-state index contributed by atoms with van der Waals surface area (Å²) in [5.41, 5.74) is 6.41. The molecule has 0 aliphatic heterocycles. The summed E-state index contributed by atoms with van der Waals surface area (Å²) in [6.45, 7) is 4.40. The van der Waals surface area contributed by atoms with Crippen molar-refractivity contribution in [2.75, 3.05) is 0 Å². The van der Waals surface area contributed by atoms with Crippen LogP contribution in [-0.4, -0.2) is 0 Å². The fourth-order valence-corrected chi connectivity index (χ4v) is 3.19. The van der Waals surface area contributed by atoms with Gasteiger partial charge in [-0.2, -0.15) is 0 Å². The predicted octanol–water partition coefficient (Wildman–Crippen LogP) is 4.06. The van der Waals surface area contributed by atoms with E-state index in [0.29, 0.717) is 5.92 Å². The average Bonchev–Trinajstić information content (AvgIpc) is 2.86. The van der Waals surface area contributed by atoms with Crippen LogP contribution in [-0.2, 0) is 6.42 Å². The van der Waals surface area contributed by atoms with Gasteiger partial charge in [-0.3, -0.25) is 0 Å². The van der Waals surface area contributed by atoms with Gasteiger partial charge in [0.25, 0.3) is 0 Å². The quantitative estimate of drug-likeness (QED) is 0.854. The van der Waals surface area contributed by atoms with Crippen LogP contribution < -0.4 is 5.73 Å². The molecule has 3 unspecified atom stereocenters. The van der Waals surface area contributed by atoms with Crippen molar-refractivity contribution in [2.24, 2.45) is 17.6 Å². The number of hydrogen-bond acceptors (Lipinski definition) is 2. The monoisotopic (exact) mass is 235 g/mol. The van der Waals surface area contributed by atoms with Gasteiger partial charge in [0.2, 0.25) is 0 Å².